The molecule has 0 unspecified atom stereocenters. The summed E-state index contributed by atoms with van der Waals surface area (Å²) >= 11 is 3.34. The van der Waals surface area contributed by atoms with Crippen LogP contribution in [0.25, 0.3) is 0 Å². The molecular formula is C23H21BrFN3O3S. The second-order valence-corrected chi connectivity index (χ2v) is 10.7. The van der Waals surface area contributed by atoms with E-state index in [2.05, 4.69) is 20.9 Å². The maximum atomic E-state index is 13.9. The molecule has 2 aromatic carbocycles. The van der Waals surface area contributed by atoms with Crippen LogP contribution < -0.4 is 10.6 Å². The topological polar surface area (TPSA) is 93.4 Å². The lowest BCUT2D eigenvalue weighted by Gasteiger charge is -2.25. The van der Waals surface area contributed by atoms with Crippen molar-refractivity contribution in [2.75, 3.05) is 16.9 Å². The normalized spacial score (nSPS) is 13.7. The Hall–Kier alpha value is -2.78. The van der Waals surface area contributed by atoms with E-state index >= 15 is 0 Å². The van der Waals surface area contributed by atoms with Gasteiger partial charge in [-0.15, -0.1) is 0 Å². The van der Waals surface area contributed by atoms with Gasteiger partial charge in [0.05, 0.1) is 22.7 Å². The summed E-state index contributed by atoms with van der Waals surface area (Å²) in [5, 5.41) is 0. The van der Waals surface area contributed by atoms with Crippen LogP contribution in [0.2, 0.25) is 0 Å². The lowest BCUT2D eigenvalue weighted by Crippen LogP contribution is -2.32. The van der Waals surface area contributed by atoms with E-state index in [0.717, 1.165) is 36.9 Å². The van der Waals surface area contributed by atoms with Gasteiger partial charge in [0.1, 0.15) is 5.82 Å². The average Bonchev–Trinajstić information content (AvgIpc) is 3.59. The summed E-state index contributed by atoms with van der Waals surface area (Å²) in [4.78, 5) is 19.0. The van der Waals surface area contributed by atoms with Crippen molar-refractivity contribution in [2.45, 2.75) is 30.2 Å². The van der Waals surface area contributed by atoms with Crippen LogP contribution in [-0.2, 0) is 16.4 Å². The highest BCUT2D eigenvalue weighted by molar-refractivity contribution is 9.10. The molecule has 1 amide bonds. The van der Waals surface area contributed by atoms with Crippen LogP contribution in [-0.4, -0.2) is 25.6 Å². The van der Waals surface area contributed by atoms with Gasteiger partial charge in [-0.05, 0) is 76.8 Å². The van der Waals surface area contributed by atoms with Gasteiger partial charge in [0.25, 0.3) is 5.91 Å². The van der Waals surface area contributed by atoms with Crippen molar-refractivity contribution in [3.05, 3.63) is 81.8 Å². The number of carbonyl (C=O) groups is 1. The van der Waals surface area contributed by atoms with Gasteiger partial charge in [0, 0.05) is 34.2 Å². The molecule has 0 aliphatic heterocycles. The third-order valence-corrected chi connectivity index (χ3v) is 7.14. The molecule has 4 rings (SSSR count). The van der Waals surface area contributed by atoms with E-state index < -0.39 is 21.6 Å². The molecule has 0 bridgehead atoms. The van der Waals surface area contributed by atoms with Crippen LogP contribution >= 0.6 is 15.9 Å². The Morgan fingerprint density at radius 3 is 2.53 bits per heavy atom. The molecule has 3 aromatic rings. The summed E-state index contributed by atoms with van der Waals surface area (Å²) < 4.78 is 39.4. The monoisotopic (exact) mass is 517 g/mol. The highest BCUT2D eigenvalue weighted by Gasteiger charge is 2.27. The van der Waals surface area contributed by atoms with Gasteiger partial charge in [0.2, 0.25) is 0 Å². The second kappa shape index (κ2) is 8.63. The third-order valence-electron chi connectivity index (χ3n) is 5.29. The van der Waals surface area contributed by atoms with E-state index in [1.165, 1.54) is 17.2 Å². The SMILES string of the molecule is CS(=O)(=O)c1cc(F)ccc1N(Cc1ccc(Br)c(N)c1)C(=O)c1ccc(C2CC2)nc1. The van der Waals surface area contributed by atoms with Gasteiger partial charge in [-0.25, -0.2) is 12.8 Å². The molecule has 2 N–H and O–H groups in total. The fourth-order valence-corrected chi connectivity index (χ4v) is 4.59. The van der Waals surface area contributed by atoms with Crippen LogP contribution in [0.3, 0.4) is 0 Å². The molecule has 1 saturated carbocycles. The highest BCUT2D eigenvalue weighted by Crippen LogP contribution is 2.39. The third kappa shape index (κ3) is 4.83. The Balaban J connectivity index is 1.79. The lowest BCUT2D eigenvalue weighted by atomic mass is 10.1. The Morgan fingerprint density at radius 1 is 1.19 bits per heavy atom. The van der Waals surface area contributed by atoms with Crippen LogP contribution in [0, 0.1) is 5.82 Å². The molecular weight excluding hydrogens is 497 g/mol. The van der Waals surface area contributed by atoms with Gasteiger partial charge in [-0.2, -0.15) is 0 Å². The molecule has 0 radical (unpaired) electrons. The summed E-state index contributed by atoms with van der Waals surface area (Å²) in [6.45, 7) is 0.0365. The number of nitrogen functional groups attached to an aromatic ring is 1. The molecule has 0 spiro atoms. The Kier molecular flexibility index (Phi) is 6.05. The van der Waals surface area contributed by atoms with Crippen LogP contribution in [0.5, 0.6) is 0 Å². The number of carbonyl (C=O) groups excluding carboxylic acids is 1. The molecule has 9 heteroatoms. The largest absolute Gasteiger partial charge is 0.398 e. The average molecular weight is 518 g/mol. The molecule has 0 atom stereocenters. The summed E-state index contributed by atoms with van der Waals surface area (Å²) in [5.74, 6) is -0.710. The maximum absolute atomic E-state index is 13.9. The zero-order valence-corrected chi connectivity index (χ0v) is 19.7. The number of rotatable bonds is 6. The predicted molar refractivity (Wildman–Crippen MR) is 125 cm³/mol. The van der Waals surface area contributed by atoms with E-state index in [0.29, 0.717) is 27.2 Å². The number of nitrogens with two attached hydrogens (primary N) is 1. The van der Waals surface area contributed by atoms with Crippen molar-refractivity contribution in [1.29, 1.82) is 0 Å². The quantitative estimate of drug-likeness (QED) is 0.478. The number of hydrogen-bond donors (Lipinski definition) is 1. The minimum atomic E-state index is -3.82. The Bertz CT molecular complexity index is 1290. The van der Waals surface area contributed by atoms with E-state index in [4.69, 9.17) is 5.73 Å². The number of pyridine rings is 1. The lowest BCUT2D eigenvalue weighted by molar-refractivity contribution is 0.0984. The number of nitrogens with zero attached hydrogens (tertiary/aromatic N) is 2. The number of amides is 1. The zero-order chi connectivity index (χ0) is 23.0. The minimum Gasteiger partial charge on any atom is -0.398 e. The number of halogens is 2. The molecule has 1 fully saturated rings. The molecule has 1 aliphatic rings. The maximum Gasteiger partial charge on any atom is 0.260 e. The van der Waals surface area contributed by atoms with Gasteiger partial charge >= 0.3 is 0 Å². The highest BCUT2D eigenvalue weighted by atomic mass is 79.9. The number of benzene rings is 2. The van der Waals surface area contributed by atoms with Gasteiger partial charge in [0.15, 0.2) is 9.84 Å². The first-order valence-corrected chi connectivity index (χ1v) is 12.6. The first-order chi connectivity index (χ1) is 15.1. The van der Waals surface area contributed by atoms with Crippen molar-refractivity contribution in [3.63, 3.8) is 0 Å². The van der Waals surface area contributed by atoms with Gasteiger partial charge in [-0.1, -0.05) is 6.07 Å². The van der Waals surface area contributed by atoms with Crippen molar-refractivity contribution in [2.24, 2.45) is 0 Å². The van der Waals surface area contributed by atoms with Crippen molar-refractivity contribution in [1.82, 2.24) is 4.98 Å². The Labute approximate surface area is 194 Å². The van der Waals surface area contributed by atoms with Crippen molar-refractivity contribution < 1.29 is 17.6 Å². The smallest absolute Gasteiger partial charge is 0.260 e. The van der Waals surface area contributed by atoms with E-state index in [1.54, 1.807) is 24.3 Å². The summed E-state index contributed by atoms with van der Waals surface area (Å²) in [6, 6.07) is 12.1. The van der Waals surface area contributed by atoms with E-state index in [1.807, 2.05) is 6.07 Å². The second-order valence-electron chi connectivity index (χ2n) is 7.88. The standard InChI is InChI=1S/C23H21BrFN3O3S/c1-32(30,31)22-11-17(25)6-9-21(22)28(13-14-2-7-18(24)19(26)10-14)23(29)16-5-8-20(27-12-16)15-3-4-15/h2,5-12,15H,3-4,13,26H2,1H3. The fraction of sp³-hybridized carbons (Fsp3) is 0.217. The fourth-order valence-electron chi connectivity index (χ4n) is 3.46. The van der Waals surface area contributed by atoms with Gasteiger partial charge < -0.3 is 10.6 Å². The molecule has 1 heterocycles. The number of hydrogen-bond acceptors (Lipinski definition) is 5. The molecule has 32 heavy (non-hydrogen) atoms. The molecule has 1 aromatic heterocycles. The molecule has 0 saturated heterocycles. The first kappa shape index (κ1) is 22.4. The number of anilines is 2. The van der Waals surface area contributed by atoms with Crippen molar-refractivity contribution in [3.8, 4) is 0 Å². The van der Waals surface area contributed by atoms with Crippen LogP contribution in [0.1, 0.15) is 40.4 Å². The van der Waals surface area contributed by atoms with E-state index in [9.17, 15) is 17.6 Å². The zero-order valence-electron chi connectivity index (χ0n) is 17.3. The summed E-state index contributed by atoms with van der Waals surface area (Å²) in [6.07, 6.45) is 4.66. The summed E-state index contributed by atoms with van der Waals surface area (Å²) in [5.41, 5.74) is 8.49. The van der Waals surface area contributed by atoms with Gasteiger partial charge in [-0.3, -0.25) is 9.78 Å². The summed E-state index contributed by atoms with van der Waals surface area (Å²) in [7, 11) is -3.82. The predicted octanol–water partition coefficient (Wildman–Crippen LogP) is 4.69. The number of sulfone groups is 1. The van der Waals surface area contributed by atoms with E-state index in [-0.39, 0.29) is 17.1 Å². The van der Waals surface area contributed by atoms with Crippen molar-refractivity contribution >= 4 is 43.0 Å². The van der Waals surface area contributed by atoms with Crippen LogP contribution in [0.15, 0.2) is 64.1 Å². The Morgan fingerprint density at radius 2 is 1.94 bits per heavy atom. The molecule has 6 nitrogen and oxygen atoms in total. The first-order valence-electron chi connectivity index (χ1n) is 9.95. The number of aromatic nitrogens is 1. The van der Waals surface area contributed by atoms with Crippen LogP contribution in [0.4, 0.5) is 15.8 Å². The molecule has 1 aliphatic carbocycles. The minimum absolute atomic E-state index is 0.0365. The molecule has 166 valence electrons.